The van der Waals surface area contributed by atoms with Crippen LogP contribution in [0.2, 0.25) is 0 Å². The van der Waals surface area contributed by atoms with Crippen molar-refractivity contribution in [3.8, 4) is 0 Å². The third-order valence-corrected chi connectivity index (χ3v) is 7.56. The van der Waals surface area contributed by atoms with Gasteiger partial charge in [-0.05, 0) is 50.5 Å². The molecule has 11 heteroatoms. The SMILES string of the molecule is CN1CCN(CC(=O)N(C)c2ccc(N=[N+]([O-])c3ccc(N(C)C(=O)CN4CCN(C)CC4)cc3)cc2)CC1. The first-order chi connectivity index (χ1) is 18.7. The van der Waals surface area contributed by atoms with Gasteiger partial charge in [-0.1, -0.05) is 4.86 Å². The highest BCUT2D eigenvalue weighted by Gasteiger charge is 2.21. The van der Waals surface area contributed by atoms with Crippen LogP contribution in [0.15, 0.2) is 53.6 Å². The summed E-state index contributed by atoms with van der Waals surface area (Å²) in [5, 5.41) is 16.8. The van der Waals surface area contributed by atoms with Crippen LogP contribution in [-0.4, -0.2) is 130 Å². The lowest BCUT2D eigenvalue weighted by Gasteiger charge is -2.32. The van der Waals surface area contributed by atoms with Gasteiger partial charge in [0.1, 0.15) is 5.69 Å². The van der Waals surface area contributed by atoms with Gasteiger partial charge in [0.25, 0.3) is 0 Å². The molecule has 2 aliphatic heterocycles. The van der Waals surface area contributed by atoms with Gasteiger partial charge in [0.2, 0.25) is 17.5 Å². The minimum absolute atomic E-state index is 0.0167. The maximum Gasteiger partial charge on any atom is 0.245 e. The Morgan fingerprint density at radius 1 is 0.718 bits per heavy atom. The topological polar surface area (TPSA) is 92.0 Å². The Bertz CT molecular complexity index is 1140. The molecule has 2 aromatic carbocycles. The molecule has 4 rings (SSSR count). The monoisotopic (exact) mass is 536 g/mol. The van der Waals surface area contributed by atoms with E-state index in [9.17, 15) is 14.8 Å². The Hall–Kier alpha value is -3.38. The fourth-order valence-electron chi connectivity index (χ4n) is 4.60. The van der Waals surface area contributed by atoms with Crippen molar-refractivity contribution in [3.05, 3.63) is 53.7 Å². The standard InChI is InChI=1S/C28H40N8O3/c1-30-13-17-34(18-14-30)21-27(37)32(3)24-7-5-23(6-8-24)29-36(39)26-11-9-25(10-12-26)33(4)28(38)22-35-19-15-31(2)16-20-35/h5-12H,13-22H2,1-4H3. The Morgan fingerprint density at radius 2 is 1.10 bits per heavy atom. The number of azo groups is 1. The lowest BCUT2D eigenvalue weighted by molar-refractivity contribution is -0.435. The van der Waals surface area contributed by atoms with Crippen LogP contribution < -0.4 is 9.80 Å². The van der Waals surface area contributed by atoms with E-state index in [0.29, 0.717) is 29.3 Å². The zero-order valence-electron chi connectivity index (χ0n) is 23.5. The number of carbonyl (C=O) groups is 2. The average molecular weight is 537 g/mol. The fourth-order valence-corrected chi connectivity index (χ4v) is 4.60. The van der Waals surface area contributed by atoms with Gasteiger partial charge in [0, 0.05) is 95.1 Å². The largest absolute Gasteiger partial charge is 0.594 e. The number of nitrogens with zero attached hydrogens (tertiary/aromatic N) is 8. The molecule has 0 spiro atoms. The molecule has 2 amide bonds. The number of carbonyl (C=O) groups excluding carboxylic acids is 2. The number of benzene rings is 2. The van der Waals surface area contributed by atoms with Crippen molar-refractivity contribution in [1.82, 2.24) is 19.6 Å². The molecule has 2 aliphatic rings. The number of hydrogen-bond donors (Lipinski definition) is 0. The first kappa shape index (κ1) is 28.6. The summed E-state index contributed by atoms with van der Waals surface area (Å²) in [6.07, 6.45) is 0. The molecule has 2 saturated heterocycles. The van der Waals surface area contributed by atoms with E-state index in [0.717, 1.165) is 63.7 Å². The summed E-state index contributed by atoms with van der Waals surface area (Å²) >= 11 is 0. The molecule has 0 radical (unpaired) electrons. The van der Waals surface area contributed by atoms with Gasteiger partial charge in [0.15, 0.2) is 0 Å². The van der Waals surface area contributed by atoms with Crippen molar-refractivity contribution in [3.63, 3.8) is 0 Å². The van der Waals surface area contributed by atoms with Gasteiger partial charge in [-0.15, -0.1) is 0 Å². The number of amides is 2. The van der Waals surface area contributed by atoms with E-state index in [1.807, 2.05) is 0 Å². The van der Waals surface area contributed by atoms with E-state index >= 15 is 0 Å². The van der Waals surface area contributed by atoms with Crippen molar-refractivity contribution in [2.24, 2.45) is 5.11 Å². The van der Waals surface area contributed by atoms with Gasteiger partial charge in [-0.25, -0.2) is 0 Å². The fraction of sp³-hybridized carbons (Fsp3) is 0.500. The molecule has 0 saturated carbocycles. The van der Waals surface area contributed by atoms with E-state index in [2.05, 4.69) is 38.8 Å². The molecule has 2 aromatic rings. The molecule has 0 unspecified atom stereocenters. The highest BCUT2D eigenvalue weighted by molar-refractivity contribution is 5.95. The zero-order chi connectivity index (χ0) is 27.9. The van der Waals surface area contributed by atoms with Crippen LogP contribution in [0, 0.1) is 5.21 Å². The molecule has 0 atom stereocenters. The van der Waals surface area contributed by atoms with Gasteiger partial charge >= 0.3 is 0 Å². The molecule has 0 bridgehead atoms. The first-order valence-corrected chi connectivity index (χ1v) is 13.4. The second-order valence-corrected chi connectivity index (χ2v) is 10.5. The Kier molecular flexibility index (Phi) is 9.63. The number of hydrogen-bond acceptors (Lipinski definition) is 8. The predicted octanol–water partition coefficient (Wildman–Crippen LogP) is 2.03. The summed E-state index contributed by atoms with van der Waals surface area (Å²) in [7, 11) is 7.69. The Balaban J connectivity index is 1.31. The summed E-state index contributed by atoms with van der Waals surface area (Å²) in [6, 6.07) is 13.8. The predicted molar refractivity (Wildman–Crippen MR) is 153 cm³/mol. The minimum Gasteiger partial charge on any atom is -0.594 e. The molecule has 0 aliphatic carbocycles. The van der Waals surface area contributed by atoms with E-state index in [1.54, 1.807) is 72.4 Å². The van der Waals surface area contributed by atoms with Crippen LogP contribution in [0.3, 0.4) is 0 Å². The van der Waals surface area contributed by atoms with Gasteiger partial charge < -0.3 is 24.8 Å². The summed E-state index contributed by atoms with van der Waals surface area (Å²) in [4.78, 5) is 38.1. The van der Waals surface area contributed by atoms with Crippen LogP contribution in [0.1, 0.15) is 0 Å². The second-order valence-electron chi connectivity index (χ2n) is 10.5. The van der Waals surface area contributed by atoms with Crippen molar-refractivity contribution < 1.29 is 14.4 Å². The molecular weight excluding hydrogens is 496 g/mol. The number of piperazine rings is 2. The minimum atomic E-state index is 0.0167. The summed E-state index contributed by atoms with van der Waals surface area (Å²) in [6.45, 7) is 8.15. The van der Waals surface area contributed by atoms with E-state index in [-0.39, 0.29) is 11.8 Å². The van der Waals surface area contributed by atoms with Crippen LogP contribution in [0.25, 0.3) is 0 Å². The van der Waals surface area contributed by atoms with E-state index in [4.69, 9.17) is 0 Å². The van der Waals surface area contributed by atoms with Crippen LogP contribution >= 0.6 is 0 Å². The molecular formula is C28H40N8O3. The summed E-state index contributed by atoms with van der Waals surface area (Å²) in [5.74, 6) is 0.0461. The zero-order valence-corrected chi connectivity index (χ0v) is 23.5. The molecule has 39 heavy (non-hydrogen) atoms. The first-order valence-electron chi connectivity index (χ1n) is 13.4. The second kappa shape index (κ2) is 13.1. The lowest BCUT2D eigenvalue weighted by Crippen LogP contribution is -2.48. The molecule has 0 aromatic heterocycles. The molecule has 0 N–H and O–H groups in total. The van der Waals surface area contributed by atoms with Crippen molar-refractivity contribution in [1.29, 1.82) is 0 Å². The lowest BCUT2D eigenvalue weighted by atomic mass is 10.2. The van der Waals surface area contributed by atoms with Crippen molar-refractivity contribution >= 4 is 34.6 Å². The summed E-state index contributed by atoms with van der Waals surface area (Å²) < 4.78 is 0. The Morgan fingerprint density at radius 3 is 1.51 bits per heavy atom. The normalized spacial score (nSPS) is 18.2. The number of likely N-dealkylation sites (N-methyl/N-ethyl adjacent to an activating group) is 4. The smallest absolute Gasteiger partial charge is 0.245 e. The molecule has 11 nitrogen and oxygen atoms in total. The molecule has 2 heterocycles. The summed E-state index contributed by atoms with van der Waals surface area (Å²) in [5.41, 5.74) is 2.32. The maximum absolute atomic E-state index is 12.7. The molecule has 210 valence electrons. The van der Waals surface area contributed by atoms with E-state index in [1.165, 1.54) is 0 Å². The molecule has 2 fully saturated rings. The van der Waals surface area contributed by atoms with Crippen molar-refractivity contribution in [2.45, 2.75) is 0 Å². The van der Waals surface area contributed by atoms with Gasteiger partial charge in [-0.3, -0.25) is 19.4 Å². The number of anilines is 2. The Labute approximate surface area is 231 Å². The third-order valence-electron chi connectivity index (χ3n) is 7.56. The quantitative estimate of drug-likeness (QED) is 0.290. The van der Waals surface area contributed by atoms with Crippen LogP contribution in [-0.2, 0) is 9.59 Å². The van der Waals surface area contributed by atoms with Crippen LogP contribution in [0.5, 0.6) is 0 Å². The number of rotatable bonds is 8. The third kappa shape index (κ3) is 7.82. The highest BCUT2D eigenvalue weighted by atomic mass is 16.5. The van der Waals surface area contributed by atoms with E-state index < -0.39 is 0 Å². The maximum atomic E-state index is 12.7. The van der Waals surface area contributed by atoms with Crippen LogP contribution in [0.4, 0.5) is 22.7 Å². The van der Waals surface area contributed by atoms with Gasteiger partial charge in [-0.2, -0.15) is 0 Å². The highest BCUT2D eigenvalue weighted by Crippen LogP contribution is 2.23. The average Bonchev–Trinajstić information content (AvgIpc) is 2.95. The van der Waals surface area contributed by atoms with Crippen molar-refractivity contribution in [2.75, 3.05) is 103 Å². The van der Waals surface area contributed by atoms with Gasteiger partial charge in [0.05, 0.1) is 13.1 Å².